The molecule has 2 heterocycles. The first-order chi connectivity index (χ1) is 16.3. The lowest BCUT2D eigenvalue weighted by Gasteiger charge is -2.11. The van der Waals surface area contributed by atoms with Gasteiger partial charge in [-0.2, -0.15) is 0 Å². The number of pyridine rings is 1. The minimum Gasteiger partial charge on any atom is -0.376 e. The number of nitrogens with one attached hydrogen (secondary N) is 2. The van der Waals surface area contributed by atoms with E-state index in [4.69, 9.17) is 4.74 Å². The molecule has 1 aromatic heterocycles. The van der Waals surface area contributed by atoms with Crippen LogP contribution in [0.3, 0.4) is 0 Å². The van der Waals surface area contributed by atoms with Crippen LogP contribution in [0.1, 0.15) is 34.3 Å². The van der Waals surface area contributed by atoms with Crippen LogP contribution in [0, 0.1) is 13.8 Å². The molecule has 2 aromatic carbocycles. The summed E-state index contributed by atoms with van der Waals surface area (Å²) < 4.78 is 33.7. The molecule has 178 valence electrons. The summed E-state index contributed by atoms with van der Waals surface area (Å²) in [6, 6.07) is 15.9. The van der Waals surface area contributed by atoms with Crippen LogP contribution in [0.5, 0.6) is 0 Å². The van der Waals surface area contributed by atoms with E-state index in [9.17, 15) is 13.2 Å². The number of ether oxygens (including phenoxy) is 1. The molecular formula is C25H27N3O4S2. The fourth-order valence-electron chi connectivity index (χ4n) is 3.71. The van der Waals surface area contributed by atoms with E-state index >= 15 is 0 Å². The van der Waals surface area contributed by atoms with E-state index in [1.54, 1.807) is 49.5 Å². The molecule has 0 spiro atoms. The maximum absolute atomic E-state index is 12.8. The molecule has 1 amide bonds. The molecule has 0 radical (unpaired) electrons. The molecule has 1 aliphatic rings. The fourth-order valence-corrected chi connectivity index (χ4v) is 5.75. The minimum absolute atomic E-state index is 0.0973. The largest absolute Gasteiger partial charge is 0.376 e. The minimum atomic E-state index is -3.67. The molecule has 1 unspecified atom stereocenters. The Hall–Kier alpha value is -2.88. The Balaban J connectivity index is 1.34. The molecule has 2 N–H and O–H groups in total. The number of aryl methyl sites for hydroxylation is 2. The highest BCUT2D eigenvalue weighted by Crippen LogP contribution is 2.28. The lowest BCUT2D eigenvalue weighted by atomic mass is 10.2. The maximum atomic E-state index is 12.8. The highest BCUT2D eigenvalue weighted by molar-refractivity contribution is 7.99. The number of sulfonamides is 1. The third-order valence-electron chi connectivity index (χ3n) is 5.46. The molecule has 9 heteroatoms. The molecule has 4 rings (SSSR count). The van der Waals surface area contributed by atoms with Gasteiger partial charge in [0.05, 0.1) is 16.6 Å². The molecule has 1 fully saturated rings. The van der Waals surface area contributed by atoms with E-state index in [0.717, 1.165) is 34.9 Å². The Morgan fingerprint density at radius 3 is 2.56 bits per heavy atom. The highest BCUT2D eigenvalue weighted by Gasteiger charge is 2.18. The van der Waals surface area contributed by atoms with Crippen LogP contribution in [0.2, 0.25) is 0 Å². The summed E-state index contributed by atoms with van der Waals surface area (Å²) in [5.41, 5.74) is 2.70. The Labute approximate surface area is 204 Å². The summed E-state index contributed by atoms with van der Waals surface area (Å²) in [7, 11) is -3.67. The van der Waals surface area contributed by atoms with Crippen molar-refractivity contribution < 1.29 is 17.9 Å². The molecule has 34 heavy (non-hydrogen) atoms. The molecule has 1 saturated heterocycles. The van der Waals surface area contributed by atoms with Gasteiger partial charge in [-0.1, -0.05) is 29.5 Å². The van der Waals surface area contributed by atoms with Crippen LogP contribution in [0.15, 0.2) is 75.6 Å². The van der Waals surface area contributed by atoms with E-state index in [1.165, 1.54) is 11.8 Å². The van der Waals surface area contributed by atoms with Crippen LogP contribution >= 0.6 is 11.8 Å². The summed E-state index contributed by atoms with van der Waals surface area (Å²) in [4.78, 5) is 17.8. The van der Waals surface area contributed by atoms with Crippen molar-refractivity contribution in [2.24, 2.45) is 0 Å². The van der Waals surface area contributed by atoms with Gasteiger partial charge < -0.3 is 10.1 Å². The SMILES string of the molecule is Cc1ccc(S(=O)(=O)Nc2ccc(Sc3ccc(C(=O)NCC4CCCO4)cn3)cc2)c(C)c1. The van der Waals surface area contributed by atoms with Crippen molar-refractivity contribution in [3.8, 4) is 0 Å². The van der Waals surface area contributed by atoms with E-state index in [1.807, 2.05) is 25.1 Å². The van der Waals surface area contributed by atoms with E-state index in [0.29, 0.717) is 23.4 Å². The first-order valence-corrected chi connectivity index (χ1v) is 13.3. The average Bonchev–Trinajstić information content (AvgIpc) is 3.32. The van der Waals surface area contributed by atoms with Crippen molar-refractivity contribution in [1.29, 1.82) is 0 Å². The van der Waals surface area contributed by atoms with Crippen molar-refractivity contribution in [3.63, 3.8) is 0 Å². The van der Waals surface area contributed by atoms with Crippen LogP contribution in [-0.4, -0.2) is 38.6 Å². The second-order valence-corrected chi connectivity index (χ2v) is 11.0. The molecule has 0 aliphatic carbocycles. The molecular weight excluding hydrogens is 470 g/mol. The molecule has 1 aliphatic heterocycles. The van der Waals surface area contributed by atoms with Gasteiger partial charge in [0, 0.05) is 29.9 Å². The summed E-state index contributed by atoms with van der Waals surface area (Å²) >= 11 is 1.43. The fraction of sp³-hybridized carbons (Fsp3) is 0.280. The normalized spacial score (nSPS) is 15.8. The van der Waals surface area contributed by atoms with Crippen molar-refractivity contribution in [2.75, 3.05) is 17.9 Å². The molecule has 3 aromatic rings. The highest BCUT2D eigenvalue weighted by atomic mass is 32.2. The Bertz CT molecular complexity index is 1250. The Morgan fingerprint density at radius 2 is 1.91 bits per heavy atom. The lowest BCUT2D eigenvalue weighted by molar-refractivity contribution is 0.0857. The predicted octanol–water partition coefficient (Wildman–Crippen LogP) is 4.56. The monoisotopic (exact) mass is 497 g/mol. The number of aromatic nitrogens is 1. The summed E-state index contributed by atoms with van der Waals surface area (Å²) in [6.45, 7) is 4.98. The first-order valence-electron chi connectivity index (χ1n) is 11.0. The number of rotatable bonds is 8. The number of hydrogen-bond acceptors (Lipinski definition) is 6. The van der Waals surface area contributed by atoms with E-state index in [2.05, 4.69) is 15.0 Å². The quantitative estimate of drug-likeness (QED) is 0.474. The zero-order valence-corrected chi connectivity index (χ0v) is 20.7. The zero-order valence-electron chi connectivity index (χ0n) is 19.1. The Morgan fingerprint density at radius 1 is 1.12 bits per heavy atom. The van der Waals surface area contributed by atoms with Crippen molar-refractivity contribution in [3.05, 3.63) is 77.5 Å². The first kappa shape index (κ1) is 24.3. The van der Waals surface area contributed by atoms with Gasteiger partial charge in [-0.3, -0.25) is 9.52 Å². The third kappa shape index (κ3) is 6.16. The summed E-state index contributed by atoms with van der Waals surface area (Å²) in [6.07, 6.45) is 3.66. The molecule has 0 saturated carbocycles. The summed E-state index contributed by atoms with van der Waals surface area (Å²) in [5, 5.41) is 3.62. The molecule has 7 nitrogen and oxygen atoms in total. The number of benzene rings is 2. The number of carbonyl (C=O) groups is 1. The molecule has 0 bridgehead atoms. The zero-order chi connectivity index (χ0) is 24.1. The standard InChI is InChI=1S/C25H27N3O4S2/c1-17-5-11-23(18(2)14-17)34(30,31)28-20-7-9-22(10-8-20)33-24-12-6-19(15-26-24)25(29)27-16-21-4-3-13-32-21/h5-12,14-15,21,28H,3-4,13,16H2,1-2H3,(H,27,29). The Kier molecular flexibility index (Phi) is 7.55. The van der Waals surface area contributed by atoms with Gasteiger partial charge in [-0.05, 0) is 74.7 Å². The van der Waals surface area contributed by atoms with Crippen molar-refractivity contribution in [1.82, 2.24) is 10.3 Å². The van der Waals surface area contributed by atoms with Gasteiger partial charge in [0.2, 0.25) is 0 Å². The second-order valence-electron chi connectivity index (χ2n) is 8.23. The number of carbonyl (C=O) groups excluding carboxylic acids is 1. The smallest absolute Gasteiger partial charge is 0.262 e. The number of hydrogen-bond donors (Lipinski definition) is 2. The molecule has 1 atom stereocenters. The van der Waals surface area contributed by atoms with Crippen LogP contribution in [0.4, 0.5) is 5.69 Å². The van der Waals surface area contributed by atoms with Gasteiger partial charge in [-0.15, -0.1) is 0 Å². The van der Waals surface area contributed by atoms with Gasteiger partial charge in [-0.25, -0.2) is 13.4 Å². The topological polar surface area (TPSA) is 97.4 Å². The van der Waals surface area contributed by atoms with Crippen LogP contribution in [-0.2, 0) is 14.8 Å². The average molecular weight is 498 g/mol. The van der Waals surface area contributed by atoms with Crippen molar-refractivity contribution in [2.45, 2.75) is 47.6 Å². The van der Waals surface area contributed by atoms with Gasteiger partial charge >= 0.3 is 0 Å². The van der Waals surface area contributed by atoms with Crippen molar-refractivity contribution >= 4 is 33.4 Å². The van der Waals surface area contributed by atoms with Crippen LogP contribution < -0.4 is 10.0 Å². The van der Waals surface area contributed by atoms with E-state index in [-0.39, 0.29) is 16.9 Å². The number of nitrogens with zero attached hydrogens (tertiary/aromatic N) is 1. The number of anilines is 1. The second kappa shape index (κ2) is 10.6. The predicted molar refractivity (Wildman–Crippen MR) is 133 cm³/mol. The van der Waals surface area contributed by atoms with Gasteiger partial charge in [0.15, 0.2) is 0 Å². The maximum Gasteiger partial charge on any atom is 0.262 e. The van der Waals surface area contributed by atoms with E-state index < -0.39 is 10.0 Å². The third-order valence-corrected chi connectivity index (χ3v) is 7.96. The van der Waals surface area contributed by atoms with Crippen LogP contribution in [0.25, 0.3) is 0 Å². The van der Waals surface area contributed by atoms with Gasteiger partial charge in [0.1, 0.15) is 5.03 Å². The van der Waals surface area contributed by atoms with Gasteiger partial charge in [0.25, 0.3) is 15.9 Å². The number of amides is 1. The lowest BCUT2D eigenvalue weighted by Crippen LogP contribution is -2.31. The summed E-state index contributed by atoms with van der Waals surface area (Å²) in [5.74, 6) is -0.167.